The summed E-state index contributed by atoms with van der Waals surface area (Å²) in [7, 11) is 1.81. The van der Waals surface area contributed by atoms with Gasteiger partial charge in [-0.3, -0.25) is 4.79 Å². The highest BCUT2D eigenvalue weighted by molar-refractivity contribution is 5.99. The van der Waals surface area contributed by atoms with Crippen LogP contribution in [0.5, 0.6) is 0 Å². The van der Waals surface area contributed by atoms with E-state index in [2.05, 4.69) is 0 Å². The monoisotopic (exact) mass is 268 g/mol. The average Bonchev–Trinajstić information content (AvgIpc) is 2.76. The van der Waals surface area contributed by atoms with Gasteiger partial charge in [-0.15, -0.1) is 12.4 Å². The Kier molecular flexibility index (Phi) is 4.77. The first-order valence-electron chi connectivity index (χ1n) is 6.17. The van der Waals surface area contributed by atoms with Gasteiger partial charge in [0.1, 0.15) is 0 Å². The van der Waals surface area contributed by atoms with Crippen molar-refractivity contribution < 1.29 is 4.79 Å². The molecule has 1 amide bonds. The van der Waals surface area contributed by atoms with Crippen LogP contribution >= 0.6 is 12.4 Å². The predicted octanol–water partition coefficient (Wildman–Crippen LogP) is 2.65. The predicted molar refractivity (Wildman–Crippen MR) is 77.2 cm³/mol. The van der Waals surface area contributed by atoms with Crippen molar-refractivity contribution in [3.05, 3.63) is 29.8 Å². The average molecular weight is 269 g/mol. The Morgan fingerprint density at radius 1 is 1.22 bits per heavy atom. The number of benzene rings is 1. The van der Waals surface area contributed by atoms with Gasteiger partial charge in [-0.1, -0.05) is 30.5 Å². The van der Waals surface area contributed by atoms with Crippen LogP contribution in [0, 0.1) is 6.92 Å². The lowest BCUT2D eigenvalue weighted by Crippen LogP contribution is -2.52. The van der Waals surface area contributed by atoms with E-state index in [4.69, 9.17) is 5.73 Å². The standard InChI is InChI=1S/C14H20N2O.ClH/c1-11-5-7-12(8-6-11)16(2)13(17)14(15)9-3-4-10-14;/h5-8H,3-4,9-10,15H2,1-2H3;1H. The summed E-state index contributed by atoms with van der Waals surface area (Å²) in [5.74, 6) is 0.0406. The molecular formula is C14H21ClN2O. The second-order valence-corrected chi connectivity index (χ2v) is 5.06. The van der Waals surface area contributed by atoms with Crippen molar-refractivity contribution in [2.75, 3.05) is 11.9 Å². The molecule has 1 fully saturated rings. The summed E-state index contributed by atoms with van der Waals surface area (Å²) in [4.78, 5) is 14.0. The van der Waals surface area contributed by atoms with Gasteiger partial charge in [-0.05, 0) is 31.9 Å². The Bertz CT molecular complexity index is 410. The molecule has 1 aromatic carbocycles. The molecule has 0 aromatic heterocycles. The lowest BCUT2D eigenvalue weighted by Gasteiger charge is -2.28. The van der Waals surface area contributed by atoms with Crippen LogP contribution in [0.1, 0.15) is 31.2 Å². The number of anilines is 1. The molecule has 0 unspecified atom stereocenters. The highest BCUT2D eigenvalue weighted by atomic mass is 35.5. The first kappa shape index (κ1) is 15.0. The number of amides is 1. The van der Waals surface area contributed by atoms with Crippen LogP contribution in [0.4, 0.5) is 5.69 Å². The molecule has 2 rings (SSSR count). The van der Waals surface area contributed by atoms with Crippen molar-refractivity contribution in [2.24, 2.45) is 5.73 Å². The van der Waals surface area contributed by atoms with Crippen molar-refractivity contribution in [1.82, 2.24) is 0 Å². The van der Waals surface area contributed by atoms with Crippen LogP contribution in [0.25, 0.3) is 0 Å². The molecule has 1 aliphatic carbocycles. The van der Waals surface area contributed by atoms with Gasteiger partial charge < -0.3 is 10.6 Å². The smallest absolute Gasteiger partial charge is 0.246 e. The highest BCUT2D eigenvalue weighted by Gasteiger charge is 2.39. The third-order valence-electron chi connectivity index (χ3n) is 3.65. The Morgan fingerprint density at radius 3 is 2.22 bits per heavy atom. The minimum atomic E-state index is -0.639. The molecule has 2 N–H and O–H groups in total. The van der Waals surface area contributed by atoms with E-state index in [0.29, 0.717) is 0 Å². The SMILES string of the molecule is Cc1ccc(N(C)C(=O)C2(N)CCCC2)cc1.Cl. The van der Waals surface area contributed by atoms with E-state index in [9.17, 15) is 4.79 Å². The van der Waals surface area contributed by atoms with Crippen LogP contribution in [0.3, 0.4) is 0 Å². The first-order valence-corrected chi connectivity index (χ1v) is 6.17. The van der Waals surface area contributed by atoms with E-state index in [1.807, 2.05) is 31.2 Å². The van der Waals surface area contributed by atoms with Crippen LogP contribution in [0.2, 0.25) is 0 Å². The largest absolute Gasteiger partial charge is 0.317 e. The van der Waals surface area contributed by atoms with E-state index in [0.717, 1.165) is 31.4 Å². The van der Waals surface area contributed by atoms with Crippen molar-refractivity contribution >= 4 is 24.0 Å². The number of nitrogens with zero attached hydrogens (tertiary/aromatic N) is 1. The Balaban J connectivity index is 0.00000162. The van der Waals surface area contributed by atoms with Gasteiger partial charge in [0, 0.05) is 12.7 Å². The normalized spacial score (nSPS) is 17.1. The molecule has 0 saturated heterocycles. The number of carbonyl (C=O) groups is 1. The fourth-order valence-electron chi connectivity index (χ4n) is 2.44. The van der Waals surface area contributed by atoms with Gasteiger partial charge in [0.05, 0.1) is 5.54 Å². The summed E-state index contributed by atoms with van der Waals surface area (Å²) in [6.07, 6.45) is 3.73. The molecule has 0 spiro atoms. The second kappa shape index (κ2) is 5.72. The van der Waals surface area contributed by atoms with E-state index in [1.165, 1.54) is 5.56 Å². The maximum absolute atomic E-state index is 12.4. The molecule has 0 heterocycles. The van der Waals surface area contributed by atoms with Crippen LogP contribution in [-0.4, -0.2) is 18.5 Å². The first-order chi connectivity index (χ1) is 8.03. The summed E-state index contributed by atoms with van der Waals surface area (Å²) >= 11 is 0. The number of aryl methyl sites for hydroxylation is 1. The van der Waals surface area contributed by atoms with Gasteiger partial charge in [-0.25, -0.2) is 0 Å². The van der Waals surface area contributed by atoms with Gasteiger partial charge in [-0.2, -0.15) is 0 Å². The Labute approximate surface area is 115 Å². The number of rotatable bonds is 2. The number of hydrogen-bond donors (Lipinski definition) is 1. The summed E-state index contributed by atoms with van der Waals surface area (Å²) in [5.41, 5.74) is 7.65. The van der Waals surface area contributed by atoms with Crippen LogP contribution in [-0.2, 0) is 4.79 Å². The minimum Gasteiger partial charge on any atom is -0.317 e. The Hall–Kier alpha value is -1.06. The zero-order valence-corrected chi connectivity index (χ0v) is 11.8. The van der Waals surface area contributed by atoms with Crippen LogP contribution < -0.4 is 10.6 Å². The van der Waals surface area contributed by atoms with Gasteiger partial charge in [0.25, 0.3) is 0 Å². The highest BCUT2D eigenvalue weighted by Crippen LogP contribution is 2.30. The third-order valence-corrected chi connectivity index (χ3v) is 3.65. The zero-order chi connectivity index (χ0) is 12.5. The number of carbonyl (C=O) groups excluding carboxylic acids is 1. The Morgan fingerprint density at radius 2 is 1.72 bits per heavy atom. The zero-order valence-electron chi connectivity index (χ0n) is 11.0. The molecule has 100 valence electrons. The molecule has 0 bridgehead atoms. The number of likely N-dealkylation sites (N-methyl/N-ethyl adjacent to an activating group) is 1. The number of hydrogen-bond acceptors (Lipinski definition) is 2. The maximum Gasteiger partial charge on any atom is 0.246 e. The minimum absolute atomic E-state index is 0. The fourth-order valence-corrected chi connectivity index (χ4v) is 2.44. The number of nitrogens with two attached hydrogens (primary N) is 1. The molecular weight excluding hydrogens is 248 g/mol. The summed E-state index contributed by atoms with van der Waals surface area (Å²) in [6, 6.07) is 7.95. The lowest BCUT2D eigenvalue weighted by atomic mass is 9.97. The molecule has 3 nitrogen and oxygen atoms in total. The van der Waals surface area contributed by atoms with E-state index in [-0.39, 0.29) is 18.3 Å². The molecule has 0 radical (unpaired) electrons. The van der Waals surface area contributed by atoms with Crippen molar-refractivity contribution in [3.8, 4) is 0 Å². The van der Waals surface area contributed by atoms with Crippen molar-refractivity contribution in [2.45, 2.75) is 38.1 Å². The van der Waals surface area contributed by atoms with E-state index in [1.54, 1.807) is 11.9 Å². The molecule has 1 aliphatic rings. The van der Waals surface area contributed by atoms with Gasteiger partial charge in [0.2, 0.25) is 5.91 Å². The fraction of sp³-hybridized carbons (Fsp3) is 0.500. The lowest BCUT2D eigenvalue weighted by molar-refractivity contribution is -0.123. The van der Waals surface area contributed by atoms with Gasteiger partial charge >= 0.3 is 0 Å². The summed E-state index contributed by atoms with van der Waals surface area (Å²) in [6.45, 7) is 2.03. The molecule has 1 aromatic rings. The second-order valence-electron chi connectivity index (χ2n) is 5.06. The molecule has 4 heteroatoms. The molecule has 1 saturated carbocycles. The molecule has 0 aliphatic heterocycles. The summed E-state index contributed by atoms with van der Waals surface area (Å²) in [5, 5.41) is 0. The molecule has 0 atom stereocenters. The van der Waals surface area contributed by atoms with E-state index >= 15 is 0 Å². The molecule has 18 heavy (non-hydrogen) atoms. The third kappa shape index (κ3) is 2.85. The quantitative estimate of drug-likeness (QED) is 0.896. The van der Waals surface area contributed by atoms with Crippen molar-refractivity contribution in [3.63, 3.8) is 0 Å². The van der Waals surface area contributed by atoms with Crippen LogP contribution in [0.15, 0.2) is 24.3 Å². The summed E-state index contributed by atoms with van der Waals surface area (Å²) < 4.78 is 0. The number of halogens is 1. The van der Waals surface area contributed by atoms with Crippen molar-refractivity contribution in [1.29, 1.82) is 0 Å². The maximum atomic E-state index is 12.4. The topological polar surface area (TPSA) is 46.3 Å². The van der Waals surface area contributed by atoms with Gasteiger partial charge in [0.15, 0.2) is 0 Å². The van der Waals surface area contributed by atoms with E-state index < -0.39 is 5.54 Å².